The highest BCUT2D eigenvalue weighted by Crippen LogP contribution is 2.36. The number of pyridine rings is 1. The first-order valence-electron chi connectivity index (χ1n) is 10.6. The van der Waals surface area contributed by atoms with Gasteiger partial charge in [0.05, 0.1) is 17.3 Å². The second-order valence-corrected chi connectivity index (χ2v) is 7.88. The summed E-state index contributed by atoms with van der Waals surface area (Å²) in [4.78, 5) is 20.9. The van der Waals surface area contributed by atoms with Crippen molar-refractivity contribution in [3.8, 4) is 5.75 Å². The molecule has 0 saturated heterocycles. The van der Waals surface area contributed by atoms with Crippen molar-refractivity contribution in [2.24, 2.45) is 5.92 Å². The first kappa shape index (κ1) is 21.2. The summed E-state index contributed by atoms with van der Waals surface area (Å²) >= 11 is 0. The van der Waals surface area contributed by atoms with Crippen molar-refractivity contribution in [3.05, 3.63) is 71.9 Å². The lowest BCUT2D eigenvalue weighted by Gasteiger charge is -2.26. The maximum absolute atomic E-state index is 11.2. The highest BCUT2D eigenvalue weighted by Gasteiger charge is 2.27. The lowest BCUT2D eigenvalue weighted by atomic mass is 9.92. The van der Waals surface area contributed by atoms with Crippen molar-refractivity contribution in [1.29, 1.82) is 0 Å². The summed E-state index contributed by atoms with van der Waals surface area (Å²) < 4.78 is 5.92. The third-order valence-corrected chi connectivity index (χ3v) is 5.69. The van der Waals surface area contributed by atoms with Crippen LogP contribution in [-0.2, 0) is 16.3 Å². The number of hydrogen-bond donors (Lipinski definition) is 2. The predicted octanol–water partition coefficient (Wildman–Crippen LogP) is 4.72. The third-order valence-electron chi connectivity index (χ3n) is 5.69. The Balaban J connectivity index is 1.41. The molecule has 7 heteroatoms. The summed E-state index contributed by atoms with van der Waals surface area (Å²) in [5, 5.41) is 10.9. The van der Waals surface area contributed by atoms with Crippen molar-refractivity contribution in [2.75, 3.05) is 0 Å². The number of para-hydroxylation sites is 1. The van der Waals surface area contributed by atoms with Crippen LogP contribution in [0.3, 0.4) is 0 Å². The Kier molecular flexibility index (Phi) is 6.76. The van der Waals surface area contributed by atoms with E-state index < -0.39 is 5.91 Å². The summed E-state index contributed by atoms with van der Waals surface area (Å²) in [6.45, 7) is 1.61. The molecule has 3 aromatic rings. The minimum absolute atomic E-state index is 0.132. The van der Waals surface area contributed by atoms with Crippen molar-refractivity contribution < 1.29 is 19.7 Å². The van der Waals surface area contributed by atoms with Crippen LogP contribution < -0.4 is 10.2 Å². The van der Waals surface area contributed by atoms with E-state index in [1.807, 2.05) is 60.7 Å². The molecule has 0 spiro atoms. The van der Waals surface area contributed by atoms with Gasteiger partial charge in [0.1, 0.15) is 12.4 Å². The zero-order valence-corrected chi connectivity index (χ0v) is 17.5. The van der Waals surface area contributed by atoms with Gasteiger partial charge in [-0.15, -0.1) is 0 Å². The van der Waals surface area contributed by atoms with E-state index >= 15 is 0 Å². The van der Waals surface area contributed by atoms with Gasteiger partial charge in [-0.1, -0.05) is 54.5 Å². The smallest absolute Gasteiger partial charge is 0.272 e. The summed E-state index contributed by atoms with van der Waals surface area (Å²) in [5.41, 5.74) is 5.69. The molecule has 1 atom stereocenters. The first-order chi connectivity index (χ1) is 15.1. The monoisotopic (exact) mass is 421 g/mol. The van der Waals surface area contributed by atoms with Gasteiger partial charge in [0.15, 0.2) is 0 Å². The Morgan fingerprint density at radius 2 is 1.87 bits per heavy atom. The number of rotatable bonds is 8. The van der Waals surface area contributed by atoms with Crippen LogP contribution >= 0.6 is 0 Å². The highest BCUT2D eigenvalue weighted by molar-refractivity contribution is 5.78. The van der Waals surface area contributed by atoms with E-state index in [4.69, 9.17) is 9.68 Å². The van der Waals surface area contributed by atoms with E-state index in [0.29, 0.717) is 12.5 Å². The molecule has 1 heterocycles. The molecular formula is C24H27N3O4. The van der Waals surface area contributed by atoms with Crippen LogP contribution in [0.1, 0.15) is 49.9 Å². The maximum Gasteiger partial charge on any atom is 0.272 e. The lowest BCUT2D eigenvalue weighted by molar-refractivity contribution is -0.348. The summed E-state index contributed by atoms with van der Waals surface area (Å²) in [5.74, 6) is 0.523. The number of hydroxylamine groups is 3. The normalized spacial score (nSPS) is 15.2. The molecule has 162 valence electrons. The van der Waals surface area contributed by atoms with Crippen molar-refractivity contribution in [2.45, 2.75) is 45.3 Å². The molecule has 1 unspecified atom stereocenters. The predicted molar refractivity (Wildman–Crippen MR) is 116 cm³/mol. The Bertz CT molecular complexity index is 1020. The number of nitrogens with one attached hydrogen (secondary N) is 1. The van der Waals surface area contributed by atoms with E-state index in [0.717, 1.165) is 40.8 Å². The molecule has 1 fully saturated rings. The van der Waals surface area contributed by atoms with E-state index in [-0.39, 0.29) is 11.3 Å². The fourth-order valence-electron chi connectivity index (χ4n) is 4.02. The second-order valence-electron chi connectivity index (χ2n) is 7.88. The van der Waals surface area contributed by atoms with E-state index in [1.165, 1.54) is 19.8 Å². The first-order valence-corrected chi connectivity index (χ1v) is 10.6. The minimum Gasteiger partial charge on any atom is -0.487 e. The highest BCUT2D eigenvalue weighted by atomic mass is 17.0. The number of ether oxygens (including phenoxy) is 1. The number of benzene rings is 2. The van der Waals surface area contributed by atoms with Crippen LogP contribution in [0.2, 0.25) is 0 Å². The molecule has 0 bridgehead atoms. The van der Waals surface area contributed by atoms with Crippen LogP contribution in [-0.4, -0.2) is 21.3 Å². The quantitative estimate of drug-likeness (QED) is 0.404. The lowest BCUT2D eigenvalue weighted by Crippen LogP contribution is -2.36. The molecule has 1 aliphatic rings. The van der Waals surface area contributed by atoms with Crippen molar-refractivity contribution >= 4 is 16.8 Å². The number of nitrogens with zero attached hydrogens (tertiary/aromatic N) is 2. The molecule has 2 N–H and O–H groups in total. The number of aromatic nitrogens is 1. The average Bonchev–Trinajstić information content (AvgIpc) is 3.33. The average molecular weight is 421 g/mol. The van der Waals surface area contributed by atoms with E-state index in [2.05, 4.69) is 10.5 Å². The van der Waals surface area contributed by atoms with Gasteiger partial charge in [-0.2, -0.15) is 10.4 Å². The molecule has 4 rings (SSSR count). The van der Waals surface area contributed by atoms with Crippen LogP contribution in [0.25, 0.3) is 10.9 Å². The van der Waals surface area contributed by atoms with E-state index in [9.17, 15) is 10.0 Å². The van der Waals surface area contributed by atoms with Gasteiger partial charge in [-0.3, -0.25) is 10.0 Å². The molecule has 31 heavy (non-hydrogen) atoms. The number of carbonyl (C=O) groups is 1. The van der Waals surface area contributed by atoms with Gasteiger partial charge in [0, 0.05) is 12.3 Å². The number of fused-ring (bicyclic) bond motifs is 1. The van der Waals surface area contributed by atoms with Gasteiger partial charge in [-0.25, -0.2) is 4.98 Å². The van der Waals surface area contributed by atoms with Crippen molar-refractivity contribution in [1.82, 2.24) is 15.7 Å². The standard InChI is InChI=1S/C24H27N3O4/c1-17(28)27(29)31-26-24(19-7-2-3-8-19)20-11-14-22(15-12-20)30-16-21-13-10-18-6-4-5-9-23(18)25-21/h4-6,9-15,19,24,26,29H,2-3,7-8,16H2,1H3. The molecular weight excluding hydrogens is 394 g/mol. The molecule has 0 aliphatic heterocycles. The summed E-state index contributed by atoms with van der Waals surface area (Å²) in [6.07, 6.45) is 4.47. The SMILES string of the molecule is CC(=O)N(O)ONC(c1ccc(OCc2ccc3ccccc3n2)cc1)C1CCCC1. The Hall–Kier alpha value is -3.00. The molecule has 0 radical (unpaired) electrons. The molecule has 1 amide bonds. The van der Waals surface area contributed by atoms with Gasteiger partial charge in [-0.05, 0) is 48.6 Å². The Morgan fingerprint density at radius 1 is 1.13 bits per heavy atom. The summed E-state index contributed by atoms with van der Waals surface area (Å²) in [7, 11) is 0. The fraction of sp³-hybridized carbons (Fsp3) is 0.333. The Labute approximate surface area is 181 Å². The zero-order chi connectivity index (χ0) is 21.6. The number of hydrogen-bond acceptors (Lipinski definition) is 6. The largest absolute Gasteiger partial charge is 0.487 e. The van der Waals surface area contributed by atoms with Crippen LogP contribution in [0.4, 0.5) is 0 Å². The maximum atomic E-state index is 11.2. The third kappa shape index (κ3) is 5.38. The molecule has 2 aromatic carbocycles. The molecule has 1 aliphatic carbocycles. The van der Waals surface area contributed by atoms with Crippen LogP contribution in [0, 0.1) is 5.92 Å². The number of carbonyl (C=O) groups excluding carboxylic acids is 1. The Morgan fingerprint density at radius 3 is 2.61 bits per heavy atom. The molecule has 7 nitrogen and oxygen atoms in total. The van der Waals surface area contributed by atoms with Crippen LogP contribution in [0.5, 0.6) is 5.75 Å². The minimum atomic E-state index is -0.594. The van der Waals surface area contributed by atoms with Gasteiger partial charge < -0.3 is 4.74 Å². The molecule has 1 saturated carbocycles. The number of amides is 1. The second kappa shape index (κ2) is 9.87. The van der Waals surface area contributed by atoms with Crippen LogP contribution in [0.15, 0.2) is 60.7 Å². The van der Waals surface area contributed by atoms with Gasteiger partial charge in [0.25, 0.3) is 5.91 Å². The van der Waals surface area contributed by atoms with Gasteiger partial charge >= 0.3 is 0 Å². The van der Waals surface area contributed by atoms with E-state index in [1.54, 1.807) is 0 Å². The zero-order valence-electron chi connectivity index (χ0n) is 17.5. The molecule has 1 aromatic heterocycles. The fourth-order valence-corrected chi connectivity index (χ4v) is 4.02. The topological polar surface area (TPSA) is 83.9 Å². The summed E-state index contributed by atoms with van der Waals surface area (Å²) in [6, 6.07) is 19.7. The van der Waals surface area contributed by atoms with Crippen molar-refractivity contribution in [3.63, 3.8) is 0 Å². The van der Waals surface area contributed by atoms with Gasteiger partial charge in [0.2, 0.25) is 0 Å².